The van der Waals surface area contributed by atoms with E-state index in [0.29, 0.717) is 0 Å². The molecule has 1 amide bonds. The molecule has 1 aromatic carbocycles. The first kappa shape index (κ1) is 11.4. The second-order valence-corrected chi connectivity index (χ2v) is 4.13. The quantitative estimate of drug-likeness (QED) is 0.776. The molecule has 0 aromatic heterocycles. The SMILES string of the molecule is Cc1cccc(N2CC(=O)NCC2C(=O)O)c1. The van der Waals surface area contributed by atoms with Gasteiger partial charge in [0.05, 0.1) is 6.54 Å². The summed E-state index contributed by atoms with van der Waals surface area (Å²) >= 11 is 0. The standard InChI is InChI=1S/C12H14N2O3/c1-8-3-2-4-9(5-8)14-7-11(15)13-6-10(14)12(16)17/h2-5,10H,6-7H2,1H3,(H,13,15)(H,16,17). The summed E-state index contributed by atoms with van der Waals surface area (Å²) in [6.07, 6.45) is 0. The Hall–Kier alpha value is -2.04. The monoisotopic (exact) mass is 234 g/mol. The van der Waals surface area contributed by atoms with Gasteiger partial charge in [0.25, 0.3) is 0 Å². The molecule has 1 unspecified atom stereocenters. The Morgan fingerprint density at radius 2 is 2.29 bits per heavy atom. The largest absolute Gasteiger partial charge is 0.480 e. The highest BCUT2D eigenvalue weighted by Crippen LogP contribution is 2.20. The molecule has 1 atom stereocenters. The van der Waals surface area contributed by atoms with Crippen molar-refractivity contribution < 1.29 is 14.7 Å². The van der Waals surface area contributed by atoms with E-state index in [9.17, 15) is 9.59 Å². The van der Waals surface area contributed by atoms with Crippen molar-refractivity contribution in [2.75, 3.05) is 18.0 Å². The number of aliphatic carboxylic acids is 1. The molecule has 90 valence electrons. The fourth-order valence-corrected chi connectivity index (χ4v) is 1.94. The number of anilines is 1. The Kier molecular flexibility index (Phi) is 2.99. The Labute approximate surface area is 99.0 Å². The van der Waals surface area contributed by atoms with Crippen LogP contribution in [0.5, 0.6) is 0 Å². The summed E-state index contributed by atoms with van der Waals surface area (Å²) < 4.78 is 0. The zero-order valence-corrected chi connectivity index (χ0v) is 9.51. The van der Waals surface area contributed by atoms with Gasteiger partial charge in [0.2, 0.25) is 5.91 Å². The van der Waals surface area contributed by atoms with Gasteiger partial charge in [0.1, 0.15) is 6.04 Å². The number of benzene rings is 1. The van der Waals surface area contributed by atoms with Crippen LogP contribution in [-0.2, 0) is 9.59 Å². The van der Waals surface area contributed by atoms with Crippen LogP contribution in [0.3, 0.4) is 0 Å². The zero-order valence-electron chi connectivity index (χ0n) is 9.51. The van der Waals surface area contributed by atoms with Gasteiger partial charge in [-0.1, -0.05) is 12.1 Å². The summed E-state index contributed by atoms with van der Waals surface area (Å²) in [4.78, 5) is 24.1. The first-order chi connectivity index (χ1) is 8.08. The number of carbonyl (C=O) groups is 2. The smallest absolute Gasteiger partial charge is 0.328 e. The van der Waals surface area contributed by atoms with E-state index in [-0.39, 0.29) is 19.0 Å². The number of carboxylic acid groups (broad SMARTS) is 1. The van der Waals surface area contributed by atoms with Crippen molar-refractivity contribution in [2.45, 2.75) is 13.0 Å². The molecule has 1 aliphatic rings. The third kappa shape index (κ3) is 2.38. The second-order valence-electron chi connectivity index (χ2n) is 4.13. The number of hydrogen-bond acceptors (Lipinski definition) is 3. The molecule has 5 heteroatoms. The maximum atomic E-state index is 11.4. The van der Waals surface area contributed by atoms with E-state index in [0.717, 1.165) is 11.3 Å². The highest BCUT2D eigenvalue weighted by Gasteiger charge is 2.31. The number of amides is 1. The van der Waals surface area contributed by atoms with E-state index in [4.69, 9.17) is 5.11 Å². The highest BCUT2D eigenvalue weighted by molar-refractivity contribution is 5.89. The van der Waals surface area contributed by atoms with Crippen LogP contribution in [0, 0.1) is 6.92 Å². The van der Waals surface area contributed by atoms with E-state index in [1.165, 1.54) is 0 Å². The van der Waals surface area contributed by atoms with E-state index in [2.05, 4.69) is 5.32 Å². The number of rotatable bonds is 2. The van der Waals surface area contributed by atoms with Crippen molar-refractivity contribution in [3.63, 3.8) is 0 Å². The van der Waals surface area contributed by atoms with Crippen LogP contribution in [0.4, 0.5) is 5.69 Å². The molecule has 17 heavy (non-hydrogen) atoms. The molecular formula is C12H14N2O3. The molecule has 5 nitrogen and oxygen atoms in total. The summed E-state index contributed by atoms with van der Waals surface area (Å²) in [5.74, 6) is -1.07. The van der Waals surface area contributed by atoms with Crippen LogP contribution in [0.2, 0.25) is 0 Å². The average Bonchev–Trinajstić information content (AvgIpc) is 2.28. The van der Waals surface area contributed by atoms with Crippen molar-refractivity contribution >= 4 is 17.6 Å². The van der Waals surface area contributed by atoms with Gasteiger partial charge < -0.3 is 15.3 Å². The number of hydrogen-bond donors (Lipinski definition) is 2. The maximum absolute atomic E-state index is 11.4. The van der Waals surface area contributed by atoms with E-state index in [1.54, 1.807) is 4.90 Å². The van der Waals surface area contributed by atoms with Crippen molar-refractivity contribution in [1.29, 1.82) is 0 Å². The van der Waals surface area contributed by atoms with Gasteiger partial charge in [-0.3, -0.25) is 4.79 Å². The third-order valence-electron chi connectivity index (χ3n) is 2.80. The van der Waals surface area contributed by atoms with Gasteiger partial charge in [-0.25, -0.2) is 4.79 Å². The molecular weight excluding hydrogens is 220 g/mol. The predicted molar refractivity (Wildman–Crippen MR) is 63.0 cm³/mol. The molecule has 2 rings (SSSR count). The van der Waals surface area contributed by atoms with Crippen molar-refractivity contribution in [1.82, 2.24) is 5.32 Å². The van der Waals surface area contributed by atoms with Crippen LogP contribution in [0.25, 0.3) is 0 Å². The van der Waals surface area contributed by atoms with Crippen LogP contribution >= 0.6 is 0 Å². The van der Waals surface area contributed by atoms with Gasteiger partial charge in [0.15, 0.2) is 0 Å². The van der Waals surface area contributed by atoms with Crippen LogP contribution < -0.4 is 10.2 Å². The molecule has 2 N–H and O–H groups in total. The third-order valence-corrected chi connectivity index (χ3v) is 2.80. The minimum Gasteiger partial charge on any atom is -0.480 e. The molecule has 0 spiro atoms. The van der Waals surface area contributed by atoms with Crippen molar-refractivity contribution in [3.8, 4) is 0 Å². The number of carbonyl (C=O) groups excluding carboxylic acids is 1. The molecule has 1 aromatic rings. The molecule has 0 aliphatic carbocycles. The maximum Gasteiger partial charge on any atom is 0.328 e. The van der Waals surface area contributed by atoms with Gasteiger partial charge in [-0.05, 0) is 24.6 Å². The fourth-order valence-electron chi connectivity index (χ4n) is 1.94. The second kappa shape index (κ2) is 4.45. The van der Waals surface area contributed by atoms with Gasteiger partial charge >= 0.3 is 5.97 Å². The molecule has 0 radical (unpaired) electrons. The highest BCUT2D eigenvalue weighted by atomic mass is 16.4. The molecule has 1 saturated heterocycles. The van der Waals surface area contributed by atoms with Gasteiger partial charge in [0, 0.05) is 12.2 Å². The van der Waals surface area contributed by atoms with Crippen LogP contribution in [-0.4, -0.2) is 36.1 Å². The van der Waals surface area contributed by atoms with Crippen molar-refractivity contribution in [3.05, 3.63) is 29.8 Å². The lowest BCUT2D eigenvalue weighted by Crippen LogP contribution is -2.57. The Morgan fingerprint density at radius 3 is 2.94 bits per heavy atom. The summed E-state index contributed by atoms with van der Waals surface area (Å²) in [5, 5.41) is 11.7. The number of piperazine rings is 1. The Morgan fingerprint density at radius 1 is 1.53 bits per heavy atom. The topological polar surface area (TPSA) is 69.6 Å². The van der Waals surface area contributed by atoms with Gasteiger partial charge in [-0.15, -0.1) is 0 Å². The number of carboxylic acids is 1. The lowest BCUT2D eigenvalue weighted by Gasteiger charge is -2.34. The first-order valence-corrected chi connectivity index (χ1v) is 5.41. The van der Waals surface area contributed by atoms with E-state index in [1.807, 2.05) is 31.2 Å². The van der Waals surface area contributed by atoms with E-state index < -0.39 is 12.0 Å². The Bertz CT molecular complexity index is 459. The normalized spacial score (nSPS) is 19.9. The molecule has 1 aliphatic heterocycles. The summed E-state index contributed by atoms with van der Waals surface area (Å²) in [5.41, 5.74) is 1.81. The number of aryl methyl sites for hydroxylation is 1. The lowest BCUT2D eigenvalue weighted by molar-refractivity contribution is -0.139. The van der Waals surface area contributed by atoms with Crippen molar-refractivity contribution in [2.24, 2.45) is 0 Å². The summed E-state index contributed by atoms with van der Waals surface area (Å²) in [7, 11) is 0. The zero-order chi connectivity index (χ0) is 12.4. The Balaban J connectivity index is 2.32. The first-order valence-electron chi connectivity index (χ1n) is 5.41. The summed E-state index contributed by atoms with van der Waals surface area (Å²) in [6.45, 7) is 2.16. The summed E-state index contributed by atoms with van der Waals surface area (Å²) in [6, 6.07) is 6.80. The minimum absolute atomic E-state index is 0.0837. The molecule has 1 fully saturated rings. The molecule has 1 heterocycles. The lowest BCUT2D eigenvalue weighted by atomic mass is 10.1. The van der Waals surface area contributed by atoms with E-state index >= 15 is 0 Å². The molecule has 0 bridgehead atoms. The minimum atomic E-state index is -0.925. The van der Waals surface area contributed by atoms with Crippen LogP contribution in [0.1, 0.15) is 5.56 Å². The predicted octanol–water partition coefficient (Wildman–Crippen LogP) is 0.384. The molecule has 0 saturated carbocycles. The number of nitrogens with zero attached hydrogens (tertiary/aromatic N) is 1. The van der Waals surface area contributed by atoms with Gasteiger partial charge in [-0.2, -0.15) is 0 Å². The van der Waals surface area contributed by atoms with Crippen LogP contribution in [0.15, 0.2) is 24.3 Å². The fraction of sp³-hybridized carbons (Fsp3) is 0.333. The number of nitrogens with one attached hydrogen (secondary N) is 1. The average molecular weight is 234 g/mol.